The van der Waals surface area contributed by atoms with Crippen LogP contribution in [0.4, 0.5) is 17.6 Å². The SMILES string of the molecule is CCNC(Cc1c(F)cccc1F)c1cc(F)ccc1F. The van der Waals surface area contributed by atoms with Crippen molar-refractivity contribution in [2.45, 2.75) is 19.4 Å². The summed E-state index contributed by atoms with van der Waals surface area (Å²) < 4.78 is 54.6. The smallest absolute Gasteiger partial charge is 0.129 e. The summed E-state index contributed by atoms with van der Waals surface area (Å²) >= 11 is 0. The summed E-state index contributed by atoms with van der Waals surface area (Å²) in [5.41, 5.74) is -0.0911. The molecule has 0 aliphatic carbocycles. The molecule has 0 heterocycles. The molecule has 2 aromatic rings. The number of rotatable bonds is 5. The first kappa shape index (κ1) is 15.5. The maximum Gasteiger partial charge on any atom is 0.129 e. The van der Waals surface area contributed by atoms with Crippen molar-refractivity contribution in [3.63, 3.8) is 0 Å². The Bertz CT molecular complexity index is 607. The molecule has 0 amide bonds. The second-order valence-electron chi connectivity index (χ2n) is 4.68. The van der Waals surface area contributed by atoms with E-state index in [0.717, 1.165) is 30.3 Å². The number of benzene rings is 2. The van der Waals surface area contributed by atoms with Crippen LogP contribution in [0.25, 0.3) is 0 Å². The van der Waals surface area contributed by atoms with E-state index in [1.54, 1.807) is 6.92 Å². The predicted octanol–water partition coefficient (Wildman–Crippen LogP) is 4.14. The Hall–Kier alpha value is -1.88. The van der Waals surface area contributed by atoms with Crippen molar-refractivity contribution in [1.82, 2.24) is 5.32 Å². The standard InChI is InChI=1S/C16H15F4N/c1-2-21-16(12-8-10(17)6-7-15(12)20)9-11-13(18)4-3-5-14(11)19/h3-8,16,21H,2,9H2,1H3. The molecule has 0 aromatic heterocycles. The first-order valence-corrected chi connectivity index (χ1v) is 6.64. The molecule has 0 aliphatic rings. The number of hydrogen-bond acceptors (Lipinski definition) is 1. The largest absolute Gasteiger partial charge is 0.310 e. The molecule has 0 saturated heterocycles. The van der Waals surface area contributed by atoms with Gasteiger partial charge in [-0.2, -0.15) is 0 Å². The van der Waals surface area contributed by atoms with Gasteiger partial charge in [0, 0.05) is 17.2 Å². The zero-order valence-electron chi connectivity index (χ0n) is 11.5. The van der Waals surface area contributed by atoms with E-state index in [4.69, 9.17) is 0 Å². The number of nitrogens with one attached hydrogen (secondary N) is 1. The fourth-order valence-electron chi connectivity index (χ4n) is 2.25. The molecule has 1 unspecified atom stereocenters. The molecule has 0 fully saturated rings. The molecule has 0 aliphatic heterocycles. The van der Waals surface area contributed by atoms with Crippen molar-refractivity contribution in [3.05, 3.63) is 70.8 Å². The van der Waals surface area contributed by atoms with E-state index in [0.29, 0.717) is 6.54 Å². The van der Waals surface area contributed by atoms with E-state index < -0.39 is 29.3 Å². The van der Waals surface area contributed by atoms with Gasteiger partial charge in [0.1, 0.15) is 23.3 Å². The minimum absolute atomic E-state index is 0.0551. The van der Waals surface area contributed by atoms with Gasteiger partial charge in [-0.25, -0.2) is 17.6 Å². The Morgan fingerprint density at radius 1 is 0.952 bits per heavy atom. The van der Waals surface area contributed by atoms with Crippen molar-refractivity contribution in [3.8, 4) is 0 Å². The van der Waals surface area contributed by atoms with E-state index >= 15 is 0 Å². The third kappa shape index (κ3) is 3.61. The van der Waals surface area contributed by atoms with Crippen molar-refractivity contribution < 1.29 is 17.6 Å². The maximum atomic E-state index is 13.9. The second kappa shape index (κ2) is 6.72. The second-order valence-corrected chi connectivity index (χ2v) is 4.68. The molecule has 5 heteroatoms. The number of likely N-dealkylation sites (N-methyl/N-ethyl adjacent to an activating group) is 1. The minimum Gasteiger partial charge on any atom is -0.310 e. The molecule has 0 bridgehead atoms. The number of halogens is 4. The van der Waals surface area contributed by atoms with Gasteiger partial charge >= 0.3 is 0 Å². The molecule has 1 atom stereocenters. The Morgan fingerprint density at radius 2 is 1.62 bits per heavy atom. The Morgan fingerprint density at radius 3 is 2.24 bits per heavy atom. The fourth-order valence-corrected chi connectivity index (χ4v) is 2.25. The third-order valence-corrected chi connectivity index (χ3v) is 3.25. The van der Waals surface area contributed by atoms with Gasteiger partial charge < -0.3 is 5.32 Å². The van der Waals surface area contributed by atoms with E-state index in [9.17, 15) is 17.6 Å². The molecule has 0 spiro atoms. The van der Waals surface area contributed by atoms with Gasteiger partial charge in [0.2, 0.25) is 0 Å². The lowest BCUT2D eigenvalue weighted by molar-refractivity contribution is 0.476. The summed E-state index contributed by atoms with van der Waals surface area (Å²) in [6, 6.07) is 5.89. The lowest BCUT2D eigenvalue weighted by Gasteiger charge is -2.20. The lowest BCUT2D eigenvalue weighted by atomic mass is 9.97. The topological polar surface area (TPSA) is 12.0 Å². The Labute approximate surface area is 120 Å². The normalized spacial score (nSPS) is 12.4. The summed E-state index contributed by atoms with van der Waals surface area (Å²) in [5, 5.41) is 2.93. The monoisotopic (exact) mass is 297 g/mol. The summed E-state index contributed by atoms with van der Waals surface area (Å²) in [6.45, 7) is 2.23. The number of hydrogen-bond donors (Lipinski definition) is 1. The maximum absolute atomic E-state index is 13.9. The summed E-state index contributed by atoms with van der Waals surface area (Å²) in [7, 11) is 0. The van der Waals surface area contributed by atoms with Gasteiger partial charge in [0.25, 0.3) is 0 Å². The van der Waals surface area contributed by atoms with Crippen LogP contribution in [0.1, 0.15) is 24.1 Å². The fraction of sp³-hybridized carbons (Fsp3) is 0.250. The molecule has 2 rings (SSSR count). The molecular formula is C16H15F4N. The van der Waals surface area contributed by atoms with Crippen LogP contribution in [-0.4, -0.2) is 6.54 Å². The zero-order valence-corrected chi connectivity index (χ0v) is 11.5. The first-order chi connectivity index (χ1) is 10.0. The van der Waals surface area contributed by atoms with E-state index in [1.807, 2.05) is 0 Å². The molecule has 2 aromatic carbocycles. The van der Waals surface area contributed by atoms with Gasteiger partial charge in [0.05, 0.1) is 0 Å². The quantitative estimate of drug-likeness (QED) is 0.818. The van der Waals surface area contributed by atoms with Crippen LogP contribution < -0.4 is 5.32 Å². The van der Waals surface area contributed by atoms with Crippen LogP contribution >= 0.6 is 0 Å². The summed E-state index contributed by atoms with van der Waals surface area (Å²) in [5.74, 6) is -2.60. The summed E-state index contributed by atoms with van der Waals surface area (Å²) in [6.07, 6.45) is -0.104. The molecule has 21 heavy (non-hydrogen) atoms. The van der Waals surface area contributed by atoms with Crippen molar-refractivity contribution in [2.75, 3.05) is 6.54 Å². The predicted molar refractivity (Wildman–Crippen MR) is 72.8 cm³/mol. The molecule has 0 radical (unpaired) electrons. The molecule has 1 nitrogen and oxygen atoms in total. The van der Waals surface area contributed by atoms with Crippen LogP contribution in [0.15, 0.2) is 36.4 Å². The van der Waals surface area contributed by atoms with Crippen molar-refractivity contribution in [2.24, 2.45) is 0 Å². The van der Waals surface area contributed by atoms with Crippen molar-refractivity contribution in [1.29, 1.82) is 0 Å². The van der Waals surface area contributed by atoms with Crippen LogP contribution in [-0.2, 0) is 6.42 Å². The van der Waals surface area contributed by atoms with E-state index in [1.165, 1.54) is 6.07 Å². The van der Waals surface area contributed by atoms with Crippen LogP contribution in [0.2, 0.25) is 0 Å². The van der Waals surface area contributed by atoms with Gasteiger partial charge in [-0.1, -0.05) is 13.0 Å². The summed E-state index contributed by atoms with van der Waals surface area (Å²) in [4.78, 5) is 0. The van der Waals surface area contributed by atoms with E-state index in [-0.39, 0.29) is 17.5 Å². The van der Waals surface area contributed by atoms with Gasteiger partial charge in [0.15, 0.2) is 0 Å². The van der Waals surface area contributed by atoms with E-state index in [2.05, 4.69) is 5.32 Å². The van der Waals surface area contributed by atoms with Crippen LogP contribution in [0.3, 0.4) is 0 Å². The van der Waals surface area contributed by atoms with Crippen molar-refractivity contribution >= 4 is 0 Å². The van der Waals surface area contributed by atoms with Gasteiger partial charge in [-0.05, 0) is 43.3 Å². The van der Waals surface area contributed by atoms with Crippen LogP contribution in [0, 0.1) is 23.3 Å². The highest BCUT2D eigenvalue weighted by atomic mass is 19.1. The highest BCUT2D eigenvalue weighted by molar-refractivity contribution is 5.27. The molecular weight excluding hydrogens is 282 g/mol. The average Bonchev–Trinajstić information content (AvgIpc) is 2.44. The Kier molecular flexibility index (Phi) is 4.96. The third-order valence-electron chi connectivity index (χ3n) is 3.25. The molecule has 112 valence electrons. The molecule has 1 N–H and O–H groups in total. The van der Waals surface area contributed by atoms with Gasteiger partial charge in [-0.15, -0.1) is 0 Å². The zero-order chi connectivity index (χ0) is 15.4. The Balaban J connectivity index is 2.38. The minimum atomic E-state index is -0.711. The highest BCUT2D eigenvalue weighted by Crippen LogP contribution is 2.25. The lowest BCUT2D eigenvalue weighted by Crippen LogP contribution is -2.25. The average molecular weight is 297 g/mol. The van der Waals surface area contributed by atoms with Gasteiger partial charge in [-0.3, -0.25) is 0 Å². The first-order valence-electron chi connectivity index (χ1n) is 6.64. The van der Waals surface area contributed by atoms with Crippen LogP contribution in [0.5, 0.6) is 0 Å². The highest BCUT2D eigenvalue weighted by Gasteiger charge is 2.20. The molecule has 0 saturated carbocycles.